The number of rotatable bonds is 5. The lowest BCUT2D eigenvalue weighted by molar-refractivity contribution is 0.314. The highest BCUT2D eigenvalue weighted by atomic mass is 16.5. The van der Waals surface area contributed by atoms with Crippen LogP contribution in [0.5, 0.6) is 5.75 Å². The van der Waals surface area contributed by atoms with Gasteiger partial charge in [-0.25, -0.2) is 0 Å². The zero-order valence-electron chi connectivity index (χ0n) is 11.8. The molecule has 0 radical (unpaired) electrons. The van der Waals surface area contributed by atoms with Crippen molar-refractivity contribution < 1.29 is 4.74 Å². The summed E-state index contributed by atoms with van der Waals surface area (Å²) in [7, 11) is 1.95. The average molecular weight is 259 g/mol. The van der Waals surface area contributed by atoms with Crippen LogP contribution in [-0.2, 0) is 20.0 Å². The number of nitrogens with zero attached hydrogens (tertiary/aromatic N) is 2. The van der Waals surface area contributed by atoms with Crippen LogP contribution in [-0.4, -0.2) is 16.4 Å². The number of nitrogens with two attached hydrogens (primary N) is 1. The van der Waals surface area contributed by atoms with E-state index in [1.54, 1.807) is 0 Å². The lowest BCUT2D eigenvalue weighted by Gasteiger charge is -2.13. The third kappa shape index (κ3) is 3.15. The predicted octanol–water partition coefficient (Wildman–Crippen LogP) is 2.12. The maximum atomic E-state index is 5.91. The van der Waals surface area contributed by atoms with E-state index in [-0.39, 0.29) is 0 Å². The molecule has 1 aromatic heterocycles. The molecule has 4 heteroatoms. The zero-order valence-corrected chi connectivity index (χ0v) is 11.8. The minimum Gasteiger partial charge on any atom is -0.493 e. The first-order valence-electron chi connectivity index (χ1n) is 6.51. The van der Waals surface area contributed by atoms with Gasteiger partial charge in [-0.05, 0) is 36.6 Å². The standard InChI is InChI=1S/C15H21N3O/c1-11-8-13(10-16)9-12(2)15(11)19-7-5-14-4-6-17-18(14)3/h4,6,8-9H,5,7,10,16H2,1-3H3. The van der Waals surface area contributed by atoms with Crippen molar-refractivity contribution in [3.63, 3.8) is 0 Å². The van der Waals surface area contributed by atoms with Crippen molar-refractivity contribution in [3.8, 4) is 5.75 Å². The Morgan fingerprint density at radius 2 is 1.95 bits per heavy atom. The number of hydrogen-bond donors (Lipinski definition) is 1. The summed E-state index contributed by atoms with van der Waals surface area (Å²) in [5, 5.41) is 4.15. The van der Waals surface area contributed by atoms with Gasteiger partial charge in [0, 0.05) is 31.9 Å². The van der Waals surface area contributed by atoms with Crippen molar-refractivity contribution >= 4 is 0 Å². The molecule has 0 aliphatic carbocycles. The minimum atomic E-state index is 0.566. The van der Waals surface area contributed by atoms with Gasteiger partial charge in [-0.15, -0.1) is 0 Å². The summed E-state index contributed by atoms with van der Waals surface area (Å²) < 4.78 is 7.79. The lowest BCUT2D eigenvalue weighted by atomic mass is 10.1. The quantitative estimate of drug-likeness (QED) is 0.894. The summed E-state index contributed by atoms with van der Waals surface area (Å²) in [4.78, 5) is 0. The van der Waals surface area contributed by atoms with Gasteiger partial charge in [-0.1, -0.05) is 12.1 Å². The summed E-state index contributed by atoms with van der Waals surface area (Å²) in [5.41, 5.74) is 10.3. The van der Waals surface area contributed by atoms with Crippen molar-refractivity contribution in [1.82, 2.24) is 9.78 Å². The molecule has 0 bridgehead atoms. The van der Waals surface area contributed by atoms with Gasteiger partial charge in [0.15, 0.2) is 0 Å². The highest BCUT2D eigenvalue weighted by molar-refractivity contribution is 5.43. The van der Waals surface area contributed by atoms with E-state index >= 15 is 0 Å². The van der Waals surface area contributed by atoms with Crippen LogP contribution in [0.1, 0.15) is 22.4 Å². The molecule has 0 spiro atoms. The van der Waals surface area contributed by atoms with E-state index in [1.165, 1.54) is 5.69 Å². The fourth-order valence-corrected chi connectivity index (χ4v) is 2.29. The normalized spacial score (nSPS) is 10.7. The van der Waals surface area contributed by atoms with Crippen molar-refractivity contribution in [2.45, 2.75) is 26.8 Å². The molecule has 0 aliphatic rings. The fourth-order valence-electron chi connectivity index (χ4n) is 2.29. The maximum absolute atomic E-state index is 5.91. The molecule has 2 N–H and O–H groups in total. The second-order valence-electron chi connectivity index (χ2n) is 4.81. The molecule has 0 unspecified atom stereocenters. The molecule has 2 rings (SSSR count). The third-order valence-corrected chi connectivity index (χ3v) is 3.28. The summed E-state index contributed by atoms with van der Waals surface area (Å²) in [6, 6.07) is 6.19. The average Bonchev–Trinajstić information content (AvgIpc) is 2.78. The molecule has 1 aromatic carbocycles. The Hall–Kier alpha value is -1.81. The SMILES string of the molecule is Cc1cc(CN)cc(C)c1OCCc1ccnn1C. The molecule has 1 heterocycles. The maximum Gasteiger partial charge on any atom is 0.125 e. The van der Waals surface area contributed by atoms with Gasteiger partial charge in [-0.3, -0.25) is 4.68 Å². The van der Waals surface area contributed by atoms with E-state index in [1.807, 2.05) is 24.0 Å². The Morgan fingerprint density at radius 3 is 2.47 bits per heavy atom. The van der Waals surface area contributed by atoms with E-state index in [0.29, 0.717) is 13.2 Å². The number of hydrogen-bond acceptors (Lipinski definition) is 3. The van der Waals surface area contributed by atoms with E-state index in [0.717, 1.165) is 28.9 Å². The molecule has 4 nitrogen and oxygen atoms in total. The van der Waals surface area contributed by atoms with Crippen LogP contribution in [0.15, 0.2) is 24.4 Å². The highest BCUT2D eigenvalue weighted by Crippen LogP contribution is 2.24. The molecule has 0 fully saturated rings. The Labute approximate surface area is 114 Å². The molecule has 19 heavy (non-hydrogen) atoms. The molecule has 102 valence electrons. The van der Waals surface area contributed by atoms with E-state index in [2.05, 4.69) is 31.1 Å². The second kappa shape index (κ2) is 5.89. The first-order chi connectivity index (χ1) is 9.11. The number of aryl methyl sites for hydroxylation is 3. The molecule has 0 atom stereocenters. The van der Waals surface area contributed by atoms with Crippen LogP contribution in [0.25, 0.3) is 0 Å². The molecule has 0 aliphatic heterocycles. The van der Waals surface area contributed by atoms with Gasteiger partial charge in [0.25, 0.3) is 0 Å². The van der Waals surface area contributed by atoms with Crippen LogP contribution in [0.3, 0.4) is 0 Å². The topological polar surface area (TPSA) is 53.1 Å². The Balaban J connectivity index is 2.02. The molecule has 0 saturated heterocycles. The summed E-state index contributed by atoms with van der Waals surface area (Å²) >= 11 is 0. The molecular weight excluding hydrogens is 238 g/mol. The van der Waals surface area contributed by atoms with Gasteiger partial charge < -0.3 is 10.5 Å². The smallest absolute Gasteiger partial charge is 0.125 e. The van der Waals surface area contributed by atoms with Crippen LogP contribution in [0, 0.1) is 13.8 Å². The predicted molar refractivity (Wildman–Crippen MR) is 76.2 cm³/mol. The van der Waals surface area contributed by atoms with Gasteiger partial charge in [0.05, 0.1) is 6.61 Å². The van der Waals surface area contributed by atoms with Gasteiger partial charge in [0.1, 0.15) is 5.75 Å². The lowest BCUT2D eigenvalue weighted by Crippen LogP contribution is -2.08. The summed E-state index contributed by atoms with van der Waals surface area (Å²) in [6.07, 6.45) is 2.66. The van der Waals surface area contributed by atoms with Crippen molar-refractivity contribution in [3.05, 3.63) is 46.8 Å². The van der Waals surface area contributed by atoms with Gasteiger partial charge >= 0.3 is 0 Å². The minimum absolute atomic E-state index is 0.566. The van der Waals surface area contributed by atoms with E-state index < -0.39 is 0 Å². The Bertz CT molecular complexity index is 537. The third-order valence-electron chi connectivity index (χ3n) is 3.28. The van der Waals surface area contributed by atoms with E-state index in [4.69, 9.17) is 10.5 Å². The van der Waals surface area contributed by atoms with Crippen molar-refractivity contribution in [2.75, 3.05) is 6.61 Å². The monoisotopic (exact) mass is 259 g/mol. The first kappa shape index (κ1) is 13.6. The molecular formula is C15H21N3O. The van der Waals surface area contributed by atoms with Crippen molar-refractivity contribution in [1.29, 1.82) is 0 Å². The van der Waals surface area contributed by atoms with Gasteiger partial charge in [0.2, 0.25) is 0 Å². The number of aromatic nitrogens is 2. The number of ether oxygens (including phenoxy) is 1. The van der Waals surface area contributed by atoms with E-state index in [9.17, 15) is 0 Å². The van der Waals surface area contributed by atoms with Crippen LogP contribution in [0.4, 0.5) is 0 Å². The zero-order chi connectivity index (χ0) is 13.8. The molecule has 2 aromatic rings. The van der Waals surface area contributed by atoms with Crippen LogP contribution < -0.4 is 10.5 Å². The molecule has 0 amide bonds. The largest absolute Gasteiger partial charge is 0.493 e. The van der Waals surface area contributed by atoms with Gasteiger partial charge in [-0.2, -0.15) is 5.10 Å². The summed E-state index contributed by atoms with van der Waals surface area (Å²) in [5.74, 6) is 0.972. The van der Waals surface area contributed by atoms with Crippen LogP contribution >= 0.6 is 0 Å². The summed E-state index contributed by atoms with van der Waals surface area (Å²) in [6.45, 7) is 5.34. The highest BCUT2D eigenvalue weighted by Gasteiger charge is 2.06. The second-order valence-corrected chi connectivity index (χ2v) is 4.81. The van der Waals surface area contributed by atoms with Crippen molar-refractivity contribution in [2.24, 2.45) is 12.8 Å². The first-order valence-corrected chi connectivity index (χ1v) is 6.51. The fraction of sp³-hybridized carbons (Fsp3) is 0.400. The Kier molecular flexibility index (Phi) is 4.22. The molecule has 0 saturated carbocycles. The number of benzene rings is 1. The van der Waals surface area contributed by atoms with Crippen LogP contribution in [0.2, 0.25) is 0 Å². The Morgan fingerprint density at radius 1 is 1.26 bits per heavy atom.